The normalized spacial score (nSPS) is 28.4. The Hall–Kier alpha value is -0.500. The Balaban J connectivity index is 2.05. The third-order valence-electron chi connectivity index (χ3n) is 0.788. The van der Waals surface area contributed by atoms with Crippen LogP contribution in [0.1, 0.15) is 0 Å². The van der Waals surface area contributed by atoms with E-state index in [1.165, 1.54) is 0 Å². The Morgan fingerprint density at radius 1 is 1.86 bits per heavy atom. The third-order valence-corrected chi connectivity index (χ3v) is 0.788. The molecule has 1 atom stereocenters. The number of rotatable bonds is 2. The zero-order chi connectivity index (χ0) is 5.11. The van der Waals surface area contributed by atoms with Crippen molar-refractivity contribution in [2.75, 3.05) is 13.7 Å². The molecule has 0 saturated carbocycles. The second kappa shape index (κ2) is 1.98. The molecule has 0 aliphatic carbocycles. The van der Waals surface area contributed by atoms with Gasteiger partial charge < -0.3 is 9.47 Å². The van der Waals surface area contributed by atoms with E-state index in [-0.39, 0.29) is 0 Å². The summed E-state index contributed by atoms with van der Waals surface area (Å²) in [7, 11) is 1.62. The first kappa shape index (κ1) is 4.65. The van der Waals surface area contributed by atoms with E-state index in [0.717, 1.165) is 6.61 Å². The highest BCUT2D eigenvalue weighted by molar-refractivity contribution is 4.91. The van der Waals surface area contributed by atoms with Crippen LogP contribution >= 0.6 is 0 Å². The smallest absolute Gasteiger partial charge is 0.102 e. The molecule has 0 spiro atoms. The highest BCUT2D eigenvalue weighted by Crippen LogP contribution is 2.08. The van der Waals surface area contributed by atoms with Crippen molar-refractivity contribution in [3.63, 3.8) is 0 Å². The number of epoxide rings is 1. The van der Waals surface area contributed by atoms with Crippen LogP contribution in [0.2, 0.25) is 0 Å². The molecule has 0 amide bonds. The van der Waals surface area contributed by atoms with Gasteiger partial charge in [0.05, 0.1) is 20.0 Å². The molecule has 40 valence electrons. The molecular formula is C5H8O2. The van der Waals surface area contributed by atoms with Gasteiger partial charge in [0.15, 0.2) is 0 Å². The third kappa shape index (κ3) is 1.59. The number of methoxy groups -OCH3 is 1. The summed E-state index contributed by atoms with van der Waals surface area (Å²) < 4.78 is 9.48. The van der Waals surface area contributed by atoms with E-state index in [4.69, 9.17) is 4.74 Å². The minimum atomic E-state index is 0.347. The highest BCUT2D eigenvalue weighted by Gasteiger charge is 2.17. The van der Waals surface area contributed by atoms with Crippen LogP contribution in [-0.2, 0) is 9.47 Å². The number of hydrogen-bond donors (Lipinski definition) is 0. The summed E-state index contributed by atoms with van der Waals surface area (Å²) in [6.07, 6.45) is 3.87. The van der Waals surface area contributed by atoms with E-state index in [9.17, 15) is 0 Å². The van der Waals surface area contributed by atoms with Crippen LogP contribution in [0.15, 0.2) is 12.3 Å². The lowest BCUT2D eigenvalue weighted by atomic mass is 10.5. The molecule has 1 unspecified atom stereocenters. The summed E-state index contributed by atoms with van der Waals surface area (Å²) >= 11 is 0. The van der Waals surface area contributed by atoms with Gasteiger partial charge in [0, 0.05) is 0 Å². The van der Waals surface area contributed by atoms with Gasteiger partial charge in [-0.05, 0) is 6.08 Å². The molecule has 2 heteroatoms. The van der Waals surface area contributed by atoms with Crippen molar-refractivity contribution in [1.29, 1.82) is 0 Å². The fourth-order valence-electron chi connectivity index (χ4n) is 0.333. The summed E-state index contributed by atoms with van der Waals surface area (Å²) in [5, 5.41) is 0. The van der Waals surface area contributed by atoms with E-state index < -0.39 is 0 Å². The van der Waals surface area contributed by atoms with Crippen molar-refractivity contribution in [2.24, 2.45) is 0 Å². The summed E-state index contributed by atoms with van der Waals surface area (Å²) in [5.74, 6) is 0. The van der Waals surface area contributed by atoms with Gasteiger partial charge in [0.1, 0.15) is 6.10 Å². The van der Waals surface area contributed by atoms with Gasteiger partial charge in [-0.2, -0.15) is 0 Å². The zero-order valence-corrected chi connectivity index (χ0v) is 4.26. The van der Waals surface area contributed by atoms with Gasteiger partial charge >= 0.3 is 0 Å². The van der Waals surface area contributed by atoms with Crippen molar-refractivity contribution in [2.45, 2.75) is 6.10 Å². The van der Waals surface area contributed by atoms with Crippen LogP contribution < -0.4 is 0 Å². The minimum absolute atomic E-state index is 0.347. The van der Waals surface area contributed by atoms with Crippen molar-refractivity contribution in [1.82, 2.24) is 0 Å². The van der Waals surface area contributed by atoms with Gasteiger partial charge in [0.25, 0.3) is 0 Å². The molecule has 7 heavy (non-hydrogen) atoms. The van der Waals surface area contributed by atoms with E-state index in [2.05, 4.69) is 4.74 Å². The molecule has 0 bridgehead atoms. The quantitative estimate of drug-likeness (QED) is 0.373. The van der Waals surface area contributed by atoms with E-state index >= 15 is 0 Å². The lowest BCUT2D eigenvalue weighted by Gasteiger charge is -1.80. The molecule has 0 aromatic carbocycles. The maximum atomic E-state index is 4.84. The Labute approximate surface area is 42.7 Å². The second-order valence-electron chi connectivity index (χ2n) is 1.44. The molecular weight excluding hydrogens is 92.1 g/mol. The van der Waals surface area contributed by atoms with E-state index in [0.29, 0.717) is 6.10 Å². The van der Waals surface area contributed by atoms with Crippen LogP contribution in [0.25, 0.3) is 0 Å². The van der Waals surface area contributed by atoms with Crippen molar-refractivity contribution in [3.05, 3.63) is 12.3 Å². The Morgan fingerprint density at radius 2 is 2.57 bits per heavy atom. The van der Waals surface area contributed by atoms with Crippen LogP contribution in [0, 0.1) is 0 Å². The Kier molecular flexibility index (Phi) is 1.32. The minimum Gasteiger partial charge on any atom is -0.505 e. The molecule has 1 heterocycles. The largest absolute Gasteiger partial charge is 0.505 e. The second-order valence-corrected chi connectivity index (χ2v) is 1.44. The predicted octanol–water partition coefficient (Wildman–Crippen LogP) is 0.545. The molecule has 1 saturated heterocycles. The van der Waals surface area contributed by atoms with Crippen LogP contribution in [0.4, 0.5) is 0 Å². The Bertz CT molecular complexity index is 74.1. The molecule has 1 aliphatic rings. The van der Waals surface area contributed by atoms with Crippen LogP contribution in [0.5, 0.6) is 0 Å². The molecule has 1 rings (SSSR count). The SMILES string of the molecule is COC=CC1CO1. The first-order valence-corrected chi connectivity index (χ1v) is 2.24. The van der Waals surface area contributed by atoms with Gasteiger partial charge in [0.2, 0.25) is 0 Å². The lowest BCUT2D eigenvalue weighted by Crippen LogP contribution is -1.73. The molecule has 0 radical (unpaired) electrons. The number of hydrogen-bond acceptors (Lipinski definition) is 2. The van der Waals surface area contributed by atoms with Crippen LogP contribution in [0.3, 0.4) is 0 Å². The lowest BCUT2D eigenvalue weighted by molar-refractivity contribution is 0.333. The van der Waals surface area contributed by atoms with Gasteiger partial charge in [-0.1, -0.05) is 0 Å². The maximum absolute atomic E-state index is 4.84. The zero-order valence-electron chi connectivity index (χ0n) is 4.26. The topological polar surface area (TPSA) is 21.8 Å². The molecule has 0 aromatic heterocycles. The molecule has 2 nitrogen and oxygen atoms in total. The fourth-order valence-corrected chi connectivity index (χ4v) is 0.333. The van der Waals surface area contributed by atoms with Crippen molar-refractivity contribution < 1.29 is 9.47 Å². The summed E-state index contributed by atoms with van der Waals surface area (Å²) in [6, 6.07) is 0. The van der Waals surface area contributed by atoms with E-state index in [1.807, 2.05) is 6.08 Å². The van der Waals surface area contributed by atoms with Gasteiger partial charge in [-0.15, -0.1) is 0 Å². The first-order valence-electron chi connectivity index (χ1n) is 2.24. The monoisotopic (exact) mass is 100 g/mol. The standard InChI is InChI=1S/C5H8O2/c1-6-3-2-5-4-7-5/h2-3,5H,4H2,1H3. The van der Waals surface area contributed by atoms with E-state index in [1.54, 1.807) is 13.4 Å². The Morgan fingerprint density at radius 3 is 3.00 bits per heavy atom. The average Bonchev–Trinajstić information content (AvgIpc) is 2.42. The highest BCUT2D eigenvalue weighted by atomic mass is 16.6. The molecule has 1 fully saturated rings. The molecule has 1 aliphatic heterocycles. The van der Waals surface area contributed by atoms with Gasteiger partial charge in [-0.3, -0.25) is 0 Å². The summed E-state index contributed by atoms with van der Waals surface area (Å²) in [5.41, 5.74) is 0. The number of ether oxygens (including phenoxy) is 2. The van der Waals surface area contributed by atoms with Crippen molar-refractivity contribution in [3.8, 4) is 0 Å². The molecule has 0 aromatic rings. The van der Waals surface area contributed by atoms with Crippen LogP contribution in [-0.4, -0.2) is 19.8 Å². The first-order chi connectivity index (χ1) is 3.43. The van der Waals surface area contributed by atoms with Crippen molar-refractivity contribution >= 4 is 0 Å². The summed E-state index contributed by atoms with van der Waals surface area (Å²) in [4.78, 5) is 0. The molecule has 0 N–H and O–H groups in total. The van der Waals surface area contributed by atoms with Gasteiger partial charge in [-0.25, -0.2) is 0 Å². The average molecular weight is 100 g/mol. The fraction of sp³-hybridized carbons (Fsp3) is 0.600. The predicted molar refractivity (Wildman–Crippen MR) is 25.9 cm³/mol. The maximum Gasteiger partial charge on any atom is 0.102 e. The summed E-state index contributed by atoms with van der Waals surface area (Å²) in [6.45, 7) is 0.861.